The quantitative estimate of drug-likeness (QED) is 0.670. The molecule has 0 spiro atoms. The predicted octanol–water partition coefficient (Wildman–Crippen LogP) is 3.06. The highest BCUT2D eigenvalue weighted by Gasteiger charge is 2.43. The molecule has 2 heterocycles. The number of pyridine rings is 1. The Bertz CT molecular complexity index is 1040. The molecule has 0 bridgehead atoms. The zero-order valence-corrected chi connectivity index (χ0v) is 15.5. The number of carbonyl (C=O) groups excluding carboxylic acids is 2. The van der Waals surface area contributed by atoms with Crippen molar-refractivity contribution in [1.82, 2.24) is 0 Å². The zero-order valence-electron chi connectivity index (χ0n) is 14.7. The maximum atomic E-state index is 13.2. The number of hydrogen-bond donors (Lipinski definition) is 2. The smallest absolute Gasteiger partial charge is 0.294 e. The summed E-state index contributed by atoms with van der Waals surface area (Å²) in [7, 11) is 0. The normalized spacial score (nSPS) is 15.8. The molecule has 2 aromatic carbocycles. The second-order valence-electron chi connectivity index (χ2n) is 6.43. The molecule has 7 heteroatoms. The summed E-state index contributed by atoms with van der Waals surface area (Å²) >= 11 is 5.91. The molecule has 1 aliphatic heterocycles. The van der Waals surface area contributed by atoms with Gasteiger partial charge in [0.1, 0.15) is 5.75 Å². The van der Waals surface area contributed by atoms with E-state index in [4.69, 9.17) is 11.6 Å². The lowest BCUT2D eigenvalue weighted by Gasteiger charge is -2.32. The standard InChI is InChI=1S/C21H16ClN3O3/c22-14-4-6-15(7-5-14)23-21(28)20-18-3-1-2-12-24(18)13-19(27)25(20)16-8-10-17(26)11-9-16/h1-12,20H,13H2,(H-,23,26,28)/p+1/t20-/m0/s1. The van der Waals surface area contributed by atoms with Crippen LogP contribution in [0.5, 0.6) is 5.75 Å². The summed E-state index contributed by atoms with van der Waals surface area (Å²) in [5.74, 6) is -0.473. The molecule has 1 aliphatic rings. The van der Waals surface area contributed by atoms with Crippen LogP contribution in [0.3, 0.4) is 0 Å². The van der Waals surface area contributed by atoms with Crippen LogP contribution in [0.2, 0.25) is 5.02 Å². The Labute approximate surface area is 166 Å². The number of fused-ring (bicyclic) bond motifs is 1. The van der Waals surface area contributed by atoms with Crippen LogP contribution in [0.4, 0.5) is 11.4 Å². The molecule has 0 unspecified atom stereocenters. The lowest BCUT2D eigenvalue weighted by Crippen LogP contribution is -2.58. The van der Waals surface area contributed by atoms with Gasteiger partial charge in [-0.15, -0.1) is 0 Å². The number of benzene rings is 2. The van der Waals surface area contributed by atoms with E-state index in [1.165, 1.54) is 17.0 Å². The van der Waals surface area contributed by atoms with Crippen molar-refractivity contribution in [3.8, 4) is 5.75 Å². The fourth-order valence-corrected chi connectivity index (χ4v) is 3.41. The van der Waals surface area contributed by atoms with Gasteiger partial charge >= 0.3 is 0 Å². The Morgan fingerprint density at radius 3 is 2.50 bits per heavy atom. The minimum absolute atomic E-state index is 0.0881. The van der Waals surface area contributed by atoms with Crippen LogP contribution in [0.1, 0.15) is 11.7 Å². The first kappa shape index (κ1) is 18.0. The molecule has 0 saturated carbocycles. The summed E-state index contributed by atoms with van der Waals surface area (Å²) in [6.45, 7) is 0.127. The number of rotatable bonds is 3. The summed E-state index contributed by atoms with van der Waals surface area (Å²) < 4.78 is 1.77. The van der Waals surface area contributed by atoms with E-state index in [1.807, 2.05) is 18.2 Å². The van der Waals surface area contributed by atoms with Crippen molar-refractivity contribution in [3.05, 3.63) is 83.6 Å². The van der Waals surface area contributed by atoms with Crippen LogP contribution >= 0.6 is 11.6 Å². The van der Waals surface area contributed by atoms with Crippen molar-refractivity contribution in [2.45, 2.75) is 12.6 Å². The molecular weight excluding hydrogens is 378 g/mol. The van der Waals surface area contributed by atoms with Crippen molar-refractivity contribution < 1.29 is 19.3 Å². The van der Waals surface area contributed by atoms with E-state index >= 15 is 0 Å². The Hall–Kier alpha value is -3.38. The van der Waals surface area contributed by atoms with E-state index < -0.39 is 6.04 Å². The summed E-state index contributed by atoms with van der Waals surface area (Å²) in [4.78, 5) is 27.6. The number of hydrogen-bond acceptors (Lipinski definition) is 3. The molecule has 0 aliphatic carbocycles. The van der Waals surface area contributed by atoms with Gasteiger partial charge in [-0.2, -0.15) is 4.57 Å². The van der Waals surface area contributed by atoms with Crippen molar-refractivity contribution >= 4 is 34.8 Å². The maximum absolute atomic E-state index is 13.2. The molecule has 140 valence electrons. The summed E-state index contributed by atoms with van der Waals surface area (Å²) in [6.07, 6.45) is 1.78. The van der Waals surface area contributed by atoms with E-state index in [1.54, 1.807) is 47.2 Å². The topological polar surface area (TPSA) is 73.5 Å². The Kier molecular flexibility index (Phi) is 4.71. The molecule has 0 saturated heterocycles. The van der Waals surface area contributed by atoms with E-state index in [0.717, 1.165) is 0 Å². The molecule has 0 fully saturated rings. The number of carbonyl (C=O) groups is 2. The van der Waals surface area contributed by atoms with Gasteiger partial charge in [-0.05, 0) is 48.5 Å². The number of anilines is 2. The highest BCUT2D eigenvalue weighted by molar-refractivity contribution is 6.30. The first-order valence-corrected chi connectivity index (χ1v) is 9.06. The van der Waals surface area contributed by atoms with E-state index in [9.17, 15) is 14.7 Å². The van der Waals surface area contributed by atoms with Crippen molar-refractivity contribution in [2.75, 3.05) is 10.2 Å². The van der Waals surface area contributed by atoms with Crippen LogP contribution in [-0.2, 0) is 16.1 Å². The van der Waals surface area contributed by atoms with Gasteiger partial charge in [-0.1, -0.05) is 17.7 Å². The first-order chi connectivity index (χ1) is 13.5. The molecule has 1 aromatic heterocycles. The molecule has 6 nitrogen and oxygen atoms in total. The average molecular weight is 395 g/mol. The Balaban J connectivity index is 1.75. The van der Waals surface area contributed by atoms with Crippen LogP contribution in [0.15, 0.2) is 72.9 Å². The van der Waals surface area contributed by atoms with Crippen LogP contribution in [0, 0.1) is 0 Å². The van der Waals surface area contributed by atoms with Crippen molar-refractivity contribution in [2.24, 2.45) is 0 Å². The van der Waals surface area contributed by atoms with Gasteiger partial charge in [0.05, 0.1) is 0 Å². The van der Waals surface area contributed by atoms with Crippen LogP contribution < -0.4 is 14.8 Å². The molecule has 28 heavy (non-hydrogen) atoms. The fraction of sp³-hybridized carbons (Fsp3) is 0.0952. The maximum Gasteiger partial charge on any atom is 0.294 e. The largest absolute Gasteiger partial charge is 0.508 e. The monoisotopic (exact) mass is 394 g/mol. The van der Waals surface area contributed by atoms with E-state index in [-0.39, 0.29) is 24.1 Å². The number of nitrogens with one attached hydrogen (secondary N) is 1. The number of halogens is 1. The average Bonchev–Trinajstić information content (AvgIpc) is 2.69. The van der Waals surface area contributed by atoms with Gasteiger partial charge in [0, 0.05) is 28.5 Å². The van der Waals surface area contributed by atoms with Gasteiger partial charge in [0.15, 0.2) is 6.20 Å². The molecule has 4 rings (SSSR count). The third-order valence-electron chi connectivity index (χ3n) is 4.58. The highest BCUT2D eigenvalue weighted by atomic mass is 35.5. The van der Waals surface area contributed by atoms with Crippen molar-refractivity contribution in [3.63, 3.8) is 0 Å². The Morgan fingerprint density at radius 1 is 1.07 bits per heavy atom. The minimum Gasteiger partial charge on any atom is -0.508 e. The molecule has 1 atom stereocenters. The molecule has 2 amide bonds. The number of nitrogens with zero attached hydrogens (tertiary/aromatic N) is 2. The number of aromatic hydroxyl groups is 1. The van der Waals surface area contributed by atoms with Gasteiger partial charge in [0.2, 0.25) is 18.3 Å². The predicted molar refractivity (Wildman–Crippen MR) is 105 cm³/mol. The lowest BCUT2D eigenvalue weighted by molar-refractivity contribution is -0.695. The second kappa shape index (κ2) is 7.32. The second-order valence-corrected chi connectivity index (χ2v) is 6.87. The highest BCUT2D eigenvalue weighted by Crippen LogP contribution is 2.31. The molecule has 2 N–H and O–H groups in total. The van der Waals surface area contributed by atoms with Crippen LogP contribution in [-0.4, -0.2) is 16.9 Å². The van der Waals surface area contributed by atoms with E-state index in [0.29, 0.717) is 22.1 Å². The SMILES string of the molecule is O=C(Nc1ccc(Cl)cc1)[C@@H]1c2cccc[n+]2CC(=O)N1c1ccc(O)cc1. The first-order valence-electron chi connectivity index (χ1n) is 8.69. The zero-order chi connectivity index (χ0) is 19.7. The summed E-state index contributed by atoms with van der Waals surface area (Å²) in [5.41, 5.74) is 1.82. The van der Waals surface area contributed by atoms with Crippen molar-refractivity contribution in [1.29, 1.82) is 0 Å². The third kappa shape index (κ3) is 3.42. The van der Waals surface area contributed by atoms with Gasteiger partial charge in [-0.25, -0.2) is 0 Å². The summed E-state index contributed by atoms with van der Waals surface area (Å²) in [5, 5.41) is 13.0. The summed E-state index contributed by atoms with van der Waals surface area (Å²) in [6, 6.07) is 17.6. The lowest BCUT2D eigenvalue weighted by atomic mass is 10.0. The van der Waals surface area contributed by atoms with Gasteiger partial charge in [-0.3, -0.25) is 14.5 Å². The van der Waals surface area contributed by atoms with E-state index in [2.05, 4.69) is 5.32 Å². The Morgan fingerprint density at radius 2 is 1.79 bits per heavy atom. The van der Waals surface area contributed by atoms with Gasteiger partial charge in [0.25, 0.3) is 11.8 Å². The fourth-order valence-electron chi connectivity index (χ4n) is 3.28. The number of phenols is 1. The van der Waals surface area contributed by atoms with Gasteiger partial charge < -0.3 is 10.4 Å². The minimum atomic E-state index is -0.859. The molecule has 3 aromatic rings. The number of amides is 2. The van der Waals surface area contributed by atoms with Crippen LogP contribution in [0.25, 0.3) is 0 Å². The number of aromatic nitrogens is 1. The number of phenolic OH excluding ortho intramolecular Hbond substituents is 1. The molecule has 0 radical (unpaired) electrons. The third-order valence-corrected chi connectivity index (χ3v) is 4.83. The molecular formula is C21H17ClN3O3+.